The lowest BCUT2D eigenvalue weighted by molar-refractivity contribution is 0.0893. The van der Waals surface area contributed by atoms with Crippen molar-refractivity contribution in [3.63, 3.8) is 0 Å². The molecule has 0 spiro atoms. The second kappa shape index (κ2) is 7.94. The molecule has 136 valence electrons. The maximum atomic E-state index is 13.0. The molecule has 0 fully saturated rings. The number of amides is 1. The third kappa shape index (κ3) is 3.76. The van der Waals surface area contributed by atoms with Gasteiger partial charge in [0, 0.05) is 23.1 Å². The van der Waals surface area contributed by atoms with E-state index in [0.29, 0.717) is 23.0 Å². The molecule has 26 heavy (non-hydrogen) atoms. The Morgan fingerprint density at radius 3 is 2.50 bits per heavy atom. The van der Waals surface area contributed by atoms with Crippen LogP contribution in [0.3, 0.4) is 0 Å². The largest absolute Gasteiger partial charge is 0.451 e. The van der Waals surface area contributed by atoms with Gasteiger partial charge < -0.3 is 14.5 Å². The van der Waals surface area contributed by atoms with E-state index in [0.717, 1.165) is 16.5 Å². The number of para-hydroxylation sites is 1. The van der Waals surface area contributed by atoms with Gasteiger partial charge in [0.2, 0.25) is 0 Å². The molecule has 3 rings (SSSR count). The lowest BCUT2D eigenvalue weighted by atomic mass is 9.96. The molecule has 0 saturated heterocycles. The Bertz CT molecular complexity index is 899. The van der Waals surface area contributed by atoms with Crippen molar-refractivity contribution in [1.29, 1.82) is 0 Å². The Hall–Kier alpha value is -2.30. The molecule has 4 nitrogen and oxygen atoms in total. The summed E-state index contributed by atoms with van der Waals surface area (Å²) in [4.78, 5) is 13.0. The average molecular weight is 372 g/mol. The molecule has 0 unspecified atom stereocenters. The number of benzene rings is 2. The summed E-state index contributed by atoms with van der Waals surface area (Å²) in [5, 5.41) is 4.66. The summed E-state index contributed by atoms with van der Waals surface area (Å²) in [6.07, 6.45) is 0. The molecule has 1 atom stereocenters. The molecule has 0 aliphatic heterocycles. The molecule has 5 heteroatoms. The predicted octanol–water partition coefficient (Wildman–Crippen LogP) is 5.36. The molecular formula is C21H22ClNO3. The van der Waals surface area contributed by atoms with E-state index in [1.165, 1.54) is 0 Å². The van der Waals surface area contributed by atoms with Gasteiger partial charge in [0.05, 0.1) is 12.6 Å². The zero-order chi connectivity index (χ0) is 18.7. The van der Waals surface area contributed by atoms with Crippen LogP contribution in [0.5, 0.6) is 0 Å². The monoisotopic (exact) mass is 371 g/mol. The van der Waals surface area contributed by atoms with Crippen LogP contribution in [-0.4, -0.2) is 13.0 Å². The molecule has 1 aromatic heterocycles. The molecule has 0 aliphatic rings. The highest BCUT2D eigenvalue weighted by molar-refractivity contribution is 6.30. The Morgan fingerprint density at radius 1 is 1.15 bits per heavy atom. The topological polar surface area (TPSA) is 51.5 Å². The van der Waals surface area contributed by atoms with Crippen molar-refractivity contribution < 1.29 is 13.9 Å². The molecule has 1 N–H and O–H groups in total. The van der Waals surface area contributed by atoms with Crippen LogP contribution in [0, 0.1) is 5.92 Å². The number of hydrogen-bond acceptors (Lipinski definition) is 3. The summed E-state index contributed by atoms with van der Waals surface area (Å²) < 4.78 is 11.1. The zero-order valence-corrected chi connectivity index (χ0v) is 15.8. The minimum atomic E-state index is -0.248. The maximum Gasteiger partial charge on any atom is 0.287 e. The Balaban J connectivity index is 1.94. The van der Waals surface area contributed by atoms with Gasteiger partial charge in [-0.1, -0.05) is 55.8 Å². The maximum absolute atomic E-state index is 13.0. The van der Waals surface area contributed by atoms with Crippen molar-refractivity contribution >= 4 is 28.5 Å². The number of ether oxygens (including phenoxy) is 1. The van der Waals surface area contributed by atoms with E-state index in [4.69, 9.17) is 20.8 Å². The molecule has 0 saturated carbocycles. The third-order valence-electron chi connectivity index (χ3n) is 4.38. The van der Waals surface area contributed by atoms with Crippen molar-refractivity contribution in [2.24, 2.45) is 5.92 Å². The van der Waals surface area contributed by atoms with Gasteiger partial charge in [-0.25, -0.2) is 0 Å². The number of furan rings is 1. The summed E-state index contributed by atoms with van der Waals surface area (Å²) in [6.45, 7) is 4.44. The first-order valence-corrected chi connectivity index (χ1v) is 8.94. The fraction of sp³-hybridized carbons (Fsp3) is 0.286. The van der Waals surface area contributed by atoms with Gasteiger partial charge in [-0.05, 0) is 29.7 Å². The Kier molecular flexibility index (Phi) is 5.64. The second-order valence-electron chi connectivity index (χ2n) is 6.59. The van der Waals surface area contributed by atoms with Crippen molar-refractivity contribution in [3.05, 3.63) is 70.4 Å². The van der Waals surface area contributed by atoms with Crippen LogP contribution in [0.25, 0.3) is 11.0 Å². The van der Waals surface area contributed by atoms with Gasteiger partial charge in [0.15, 0.2) is 5.76 Å². The number of carbonyl (C=O) groups excluding carboxylic acids is 1. The van der Waals surface area contributed by atoms with Crippen molar-refractivity contribution in [3.8, 4) is 0 Å². The Morgan fingerprint density at radius 2 is 1.85 bits per heavy atom. The number of fused-ring (bicyclic) bond motifs is 1. The summed E-state index contributed by atoms with van der Waals surface area (Å²) in [7, 11) is 1.61. The van der Waals surface area contributed by atoms with Gasteiger partial charge in [-0.2, -0.15) is 0 Å². The number of carbonyl (C=O) groups is 1. The zero-order valence-electron chi connectivity index (χ0n) is 15.1. The van der Waals surface area contributed by atoms with Crippen molar-refractivity contribution in [1.82, 2.24) is 5.32 Å². The van der Waals surface area contributed by atoms with Gasteiger partial charge in [-0.15, -0.1) is 0 Å². The Labute approximate surface area is 158 Å². The van der Waals surface area contributed by atoms with E-state index in [2.05, 4.69) is 19.2 Å². The fourth-order valence-corrected chi connectivity index (χ4v) is 3.21. The van der Waals surface area contributed by atoms with Crippen molar-refractivity contribution in [2.45, 2.75) is 26.5 Å². The number of halogens is 1. The van der Waals surface area contributed by atoms with E-state index in [1.54, 1.807) is 7.11 Å². The number of rotatable bonds is 6. The summed E-state index contributed by atoms with van der Waals surface area (Å²) in [6, 6.07) is 15.0. The molecule has 0 radical (unpaired) electrons. The number of hydrogen-bond donors (Lipinski definition) is 1. The third-order valence-corrected chi connectivity index (χ3v) is 4.63. The van der Waals surface area contributed by atoms with Crippen LogP contribution in [-0.2, 0) is 11.3 Å². The minimum Gasteiger partial charge on any atom is -0.451 e. The summed E-state index contributed by atoms with van der Waals surface area (Å²) >= 11 is 5.98. The van der Waals surface area contributed by atoms with E-state index >= 15 is 0 Å². The van der Waals surface area contributed by atoms with Crippen LogP contribution in [0.1, 0.15) is 41.6 Å². The van der Waals surface area contributed by atoms with E-state index in [9.17, 15) is 4.79 Å². The van der Waals surface area contributed by atoms with Gasteiger partial charge in [0.25, 0.3) is 5.91 Å². The normalized spacial score (nSPS) is 12.5. The van der Waals surface area contributed by atoms with Gasteiger partial charge in [-0.3, -0.25) is 4.79 Å². The lowest BCUT2D eigenvalue weighted by Crippen LogP contribution is -2.32. The highest BCUT2D eigenvalue weighted by Gasteiger charge is 2.25. The van der Waals surface area contributed by atoms with Crippen LogP contribution < -0.4 is 5.32 Å². The average Bonchev–Trinajstić information content (AvgIpc) is 2.99. The van der Waals surface area contributed by atoms with E-state index in [1.807, 2.05) is 48.5 Å². The summed E-state index contributed by atoms with van der Waals surface area (Å²) in [5.74, 6) is 0.255. The molecular weight excluding hydrogens is 350 g/mol. The van der Waals surface area contributed by atoms with Crippen LogP contribution in [0.2, 0.25) is 5.02 Å². The minimum absolute atomic E-state index is 0.150. The lowest BCUT2D eigenvalue weighted by Gasteiger charge is -2.22. The van der Waals surface area contributed by atoms with Crippen LogP contribution >= 0.6 is 11.6 Å². The molecule has 3 aromatic rings. The number of methoxy groups -OCH3 is 1. The second-order valence-corrected chi connectivity index (χ2v) is 7.02. The van der Waals surface area contributed by atoms with E-state index in [-0.39, 0.29) is 17.9 Å². The van der Waals surface area contributed by atoms with Crippen molar-refractivity contribution in [2.75, 3.05) is 7.11 Å². The van der Waals surface area contributed by atoms with Gasteiger partial charge >= 0.3 is 0 Å². The molecule has 0 aliphatic carbocycles. The van der Waals surface area contributed by atoms with Crippen LogP contribution in [0.4, 0.5) is 0 Å². The smallest absolute Gasteiger partial charge is 0.287 e. The molecule has 0 bridgehead atoms. The fourth-order valence-electron chi connectivity index (χ4n) is 3.08. The quantitative estimate of drug-likeness (QED) is 0.634. The first-order valence-electron chi connectivity index (χ1n) is 8.57. The molecule has 2 aromatic carbocycles. The standard InChI is InChI=1S/C21H22ClNO3/c1-13(2)19(14-8-10-15(22)11-9-14)23-21(24)20-17(12-25-3)16-6-4-5-7-18(16)26-20/h4-11,13,19H,12H2,1-3H3,(H,23,24)/t19-/m1/s1. The highest BCUT2D eigenvalue weighted by Crippen LogP contribution is 2.28. The predicted molar refractivity (Wildman–Crippen MR) is 103 cm³/mol. The number of nitrogens with one attached hydrogen (secondary N) is 1. The summed E-state index contributed by atoms with van der Waals surface area (Å²) in [5.41, 5.74) is 2.44. The first kappa shape index (κ1) is 18.5. The highest BCUT2D eigenvalue weighted by atomic mass is 35.5. The van der Waals surface area contributed by atoms with Crippen LogP contribution in [0.15, 0.2) is 52.9 Å². The first-order chi connectivity index (χ1) is 12.5. The molecule has 1 heterocycles. The van der Waals surface area contributed by atoms with Gasteiger partial charge in [0.1, 0.15) is 5.58 Å². The SMILES string of the molecule is COCc1c(C(=O)N[C@@H](c2ccc(Cl)cc2)C(C)C)oc2ccccc12. The molecule has 1 amide bonds. The van der Waals surface area contributed by atoms with E-state index < -0.39 is 0 Å².